The van der Waals surface area contributed by atoms with E-state index in [1.807, 2.05) is 0 Å². The van der Waals surface area contributed by atoms with Crippen LogP contribution in [0.25, 0.3) is 0 Å². The molecule has 8 nitrogen and oxygen atoms in total. The van der Waals surface area contributed by atoms with E-state index in [0.29, 0.717) is 34.6 Å². The smallest absolute Gasteiger partial charge is 0.170 e. The van der Waals surface area contributed by atoms with Crippen molar-refractivity contribution in [3.8, 4) is 0 Å². The monoisotopic (exact) mass is 631 g/mol. The number of nitrogens with zero attached hydrogens (tertiary/aromatic N) is 1. The molecule has 0 aromatic rings. The number of aliphatic hydroxyl groups excluding tert-OH is 2. The lowest BCUT2D eigenvalue weighted by atomic mass is 9.41. The molecule has 3 N–H and O–H groups in total. The summed E-state index contributed by atoms with van der Waals surface area (Å²) in [5.74, 6) is 1.67. The van der Waals surface area contributed by atoms with E-state index in [9.17, 15) is 15.3 Å². The molecule has 0 radical (unpaired) electrons. The van der Waals surface area contributed by atoms with Crippen LogP contribution in [0.4, 0.5) is 0 Å². The lowest BCUT2D eigenvalue weighted by molar-refractivity contribution is -0.256. The Bertz CT molecular complexity index is 1170. The van der Waals surface area contributed by atoms with E-state index in [1.54, 1.807) is 13.8 Å². The summed E-state index contributed by atoms with van der Waals surface area (Å²) in [6.07, 6.45) is 6.81. The van der Waals surface area contributed by atoms with Gasteiger partial charge in [-0.15, -0.1) is 0 Å². The molecule has 0 bridgehead atoms. The largest absolute Gasteiger partial charge is 0.390 e. The highest BCUT2D eigenvalue weighted by atomic mass is 16.7. The summed E-state index contributed by atoms with van der Waals surface area (Å²) in [6.45, 7) is 19.7. The van der Waals surface area contributed by atoms with Crippen molar-refractivity contribution in [3.05, 3.63) is 0 Å². The Kier molecular flexibility index (Phi) is 7.18. The Morgan fingerprint density at radius 3 is 2.38 bits per heavy atom. The molecule has 8 rings (SSSR count). The minimum atomic E-state index is -1.24. The molecule has 3 heterocycles. The van der Waals surface area contributed by atoms with Crippen molar-refractivity contribution in [1.29, 1.82) is 0 Å². The first kappa shape index (κ1) is 31.9. The van der Waals surface area contributed by atoms with Gasteiger partial charge in [-0.05, 0) is 111 Å². The van der Waals surface area contributed by atoms with Gasteiger partial charge in [-0.1, -0.05) is 34.6 Å². The van der Waals surface area contributed by atoms with Crippen molar-refractivity contribution in [2.24, 2.45) is 50.7 Å². The molecule has 8 aliphatic rings. The number of hydrogen-bond acceptors (Lipinski definition) is 8. The van der Waals surface area contributed by atoms with Crippen molar-refractivity contribution >= 4 is 0 Å². The molecule has 3 aliphatic heterocycles. The second-order valence-corrected chi connectivity index (χ2v) is 18.8. The number of fused-ring (bicyclic) bond motifs is 4. The van der Waals surface area contributed by atoms with E-state index in [1.165, 1.54) is 25.7 Å². The predicted molar refractivity (Wildman–Crippen MR) is 169 cm³/mol. The fourth-order valence-electron chi connectivity index (χ4n) is 13.9. The summed E-state index contributed by atoms with van der Waals surface area (Å²) in [5.41, 5.74) is -0.794. The van der Waals surface area contributed by atoms with Gasteiger partial charge in [-0.2, -0.15) is 0 Å². The van der Waals surface area contributed by atoms with Crippen LogP contribution in [0.15, 0.2) is 0 Å². The quantitative estimate of drug-likeness (QED) is 0.412. The van der Waals surface area contributed by atoms with Gasteiger partial charge in [0.05, 0.1) is 62.4 Å². The molecule has 0 aromatic heterocycles. The number of morpholine rings is 1. The van der Waals surface area contributed by atoms with Gasteiger partial charge in [0.1, 0.15) is 6.10 Å². The summed E-state index contributed by atoms with van der Waals surface area (Å²) < 4.78 is 25.2. The van der Waals surface area contributed by atoms with Gasteiger partial charge in [0.2, 0.25) is 0 Å². The van der Waals surface area contributed by atoms with Crippen LogP contribution in [0, 0.1) is 50.7 Å². The average molecular weight is 632 g/mol. The maximum atomic E-state index is 12.4. The van der Waals surface area contributed by atoms with E-state index in [2.05, 4.69) is 39.5 Å². The Hall–Kier alpha value is -0.320. The zero-order chi connectivity index (χ0) is 31.9. The summed E-state index contributed by atoms with van der Waals surface area (Å²) in [5, 5.41) is 34.1. The maximum absolute atomic E-state index is 12.4. The molecule has 45 heavy (non-hydrogen) atoms. The molecule has 256 valence electrons. The molecule has 2 spiro atoms. The highest BCUT2D eigenvalue weighted by Crippen LogP contribution is 2.89. The molecule has 14 atom stereocenters. The van der Waals surface area contributed by atoms with E-state index in [4.69, 9.17) is 18.9 Å². The summed E-state index contributed by atoms with van der Waals surface area (Å²) >= 11 is 0. The second-order valence-electron chi connectivity index (χ2n) is 18.8. The van der Waals surface area contributed by atoms with Gasteiger partial charge in [0.15, 0.2) is 6.29 Å². The average Bonchev–Trinajstić information content (AvgIpc) is 3.57. The fourth-order valence-corrected chi connectivity index (χ4v) is 13.9. The topological polar surface area (TPSA) is 101 Å². The zero-order valence-electron chi connectivity index (χ0n) is 29.0. The third-order valence-electron chi connectivity index (χ3n) is 16.4. The van der Waals surface area contributed by atoms with E-state index in [-0.39, 0.29) is 40.7 Å². The molecular formula is C37H61NO7. The second kappa shape index (κ2) is 10.1. The number of hydrogen-bond donors (Lipinski definition) is 3. The lowest BCUT2D eigenvalue weighted by Crippen LogP contribution is -2.60. The molecule has 0 aromatic carbocycles. The molecule has 5 saturated carbocycles. The highest BCUT2D eigenvalue weighted by molar-refractivity contribution is 5.33. The van der Waals surface area contributed by atoms with Crippen LogP contribution in [-0.2, 0) is 18.9 Å². The van der Waals surface area contributed by atoms with Crippen molar-refractivity contribution in [1.82, 2.24) is 4.90 Å². The Morgan fingerprint density at radius 1 is 0.978 bits per heavy atom. The van der Waals surface area contributed by atoms with Crippen LogP contribution in [0.2, 0.25) is 0 Å². The highest BCUT2D eigenvalue weighted by Gasteiger charge is 2.84. The molecule has 8 fully saturated rings. The summed E-state index contributed by atoms with van der Waals surface area (Å²) in [4.78, 5) is 2.50. The van der Waals surface area contributed by atoms with E-state index < -0.39 is 23.9 Å². The van der Waals surface area contributed by atoms with E-state index in [0.717, 1.165) is 58.6 Å². The third-order valence-corrected chi connectivity index (χ3v) is 16.4. The summed E-state index contributed by atoms with van der Waals surface area (Å²) in [7, 11) is 0. The molecule has 8 heteroatoms. The number of rotatable bonds is 5. The van der Waals surface area contributed by atoms with Gasteiger partial charge in [0.25, 0.3) is 0 Å². The standard InChI is InChI=1S/C37H61NO7/c1-21-16-23(30(39)33(4,5)41)44-29-28(21)34(6)12-13-37-20-36(37)11-10-26(45-27-17-38(14-15-43-27)22-18-42-19-22)32(2,3)24(36)8-9-25(37)35(34,7)31(29)40/h21-31,39-41H,8-20H2,1-7H3/t21-,23-,24+,25+,26+,27+,28+,29+,30+,31+,34-,35-,36-,37+/m1/s1. The maximum Gasteiger partial charge on any atom is 0.170 e. The van der Waals surface area contributed by atoms with Gasteiger partial charge in [-0.3, -0.25) is 4.90 Å². The Morgan fingerprint density at radius 2 is 1.69 bits per heavy atom. The molecule has 3 saturated heterocycles. The number of aliphatic hydroxyl groups is 3. The molecule has 5 aliphatic carbocycles. The minimum absolute atomic E-state index is 0.0147. The van der Waals surface area contributed by atoms with Crippen LogP contribution < -0.4 is 0 Å². The lowest BCUT2D eigenvalue weighted by Gasteiger charge is -2.64. The van der Waals surface area contributed by atoms with Crippen LogP contribution in [-0.4, -0.2) is 102 Å². The zero-order valence-corrected chi connectivity index (χ0v) is 29.0. The molecule has 0 amide bonds. The summed E-state index contributed by atoms with van der Waals surface area (Å²) in [6, 6.07) is 0.517. The molecule has 0 unspecified atom stereocenters. The van der Waals surface area contributed by atoms with Crippen LogP contribution >= 0.6 is 0 Å². The SMILES string of the molecule is C[C@@H]1C[C@H]([C@H](O)C(C)(C)O)O[C@H]2[C@H]1[C@@]1(C)CC[C@@]34C[C@@]35CC[C@H](O[C@H]3CN(C6COC6)CCO3)C(C)(C)[C@@H]5CC[C@H]4[C@]1(C)[C@H]2O. The van der Waals surface area contributed by atoms with Gasteiger partial charge in [-0.25, -0.2) is 0 Å². The van der Waals surface area contributed by atoms with Gasteiger partial charge < -0.3 is 34.3 Å². The Balaban J connectivity index is 1.03. The Labute approximate surface area is 270 Å². The van der Waals surface area contributed by atoms with Crippen molar-refractivity contribution < 1.29 is 34.3 Å². The van der Waals surface area contributed by atoms with Crippen molar-refractivity contribution in [2.45, 2.75) is 148 Å². The molecular weight excluding hydrogens is 570 g/mol. The first-order valence-electron chi connectivity index (χ1n) is 18.4. The predicted octanol–water partition coefficient (Wildman–Crippen LogP) is 4.37. The fraction of sp³-hybridized carbons (Fsp3) is 1.00. The van der Waals surface area contributed by atoms with Crippen LogP contribution in [0.3, 0.4) is 0 Å². The number of ether oxygens (including phenoxy) is 4. The van der Waals surface area contributed by atoms with Gasteiger partial charge >= 0.3 is 0 Å². The van der Waals surface area contributed by atoms with Gasteiger partial charge in [0, 0.05) is 12.0 Å². The third kappa shape index (κ3) is 4.12. The van der Waals surface area contributed by atoms with Crippen LogP contribution in [0.1, 0.15) is 99.8 Å². The van der Waals surface area contributed by atoms with Crippen LogP contribution in [0.5, 0.6) is 0 Å². The first-order valence-corrected chi connectivity index (χ1v) is 18.4. The normalized spacial score (nSPS) is 54.9. The minimum Gasteiger partial charge on any atom is -0.390 e. The van der Waals surface area contributed by atoms with E-state index >= 15 is 0 Å². The first-order chi connectivity index (χ1) is 21.1. The van der Waals surface area contributed by atoms with Crippen molar-refractivity contribution in [2.75, 3.05) is 32.9 Å². The van der Waals surface area contributed by atoms with Crippen molar-refractivity contribution in [3.63, 3.8) is 0 Å².